The summed E-state index contributed by atoms with van der Waals surface area (Å²) in [5, 5.41) is 10.8. The molecule has 1 heterocycles. The quantitative estimate of drug-likeness (QED) is 0.619. The van der Waals surface area contributed by atoms with E-state index < -0.39 is 0 Å². The molecule has 1 atom stereocenters. The van der Waals surface area contributed by atoms with E-state index in [-0.39, 0.29) is 16.7 Å². The molecule has 0 aromatic heterocycles. The Morgan fingerprint density at radius 3 is 2.95 bits per heavy atom. The molecule has 0 N–H and O–H groups in total. The normalized spacial score (nSPS) is 19.5. The van der Waals surface area contributed by atoms with Gasteiger partial charge in [-0.15, -0.1) is 0 Å². The van der Waals surface area contributed by atoms with Crippen LogP contribution >= 0.6 is 0 Å². The summed E-state index contributed by atoms with van der Waals surface area (Å²) in [6.07, 6.45) is 2.46. The Morgan fingerprint density at radius 2 is 2.32 bits per heavy atom. The molecule has 0 saturated carbocycles. The smallest absolute Gasteiger partial charge is 0.272 e. The number of nitrogens with zero attached hydrogens (tertiary/aromatic N) is 2. The van der Waals surface area contributed by atoms with Crippen molar-refractivity contribution in [2.24, 2.45) is 0 Å². The number of hydrogen-bond donors (Lipinski definition) is 0. The minimum Gasteiger partial charge on any atom is -0.377 e. The fourth-order valence-electron chi connectivity index (χ4n) is 2.59. The van der Waals surface area contributed by atoms with Crippen molar-refractivity contribution < 1.29 is 9.66 Å². The number of rotatable bonds is 4. The molecular weight excluding hydrogens is 244 g/mol. The Balaban J connectivity index is 2.13. The summed E-state index contributed by atoms with van der Waals surface area (Å²) in [6.45, 7) is 6.38. The Kier molecular flexibility index (Phi) is 4.37. The number of hydrogen-bond acceptors (Lipinski definition) is 4. The molecule has 5 nitrogen and oxygen atoms in total. The summed E-state index contributed by atoms with van der Waals surface area (Å²) >= 11 is 0. The Labute approximate surface area is 113 Å². The van der Waals surface area contributed by atoms with Crippen LogP contribution in [0.15, 0.2) is 18.2 Å². The molecule has 1 aromatic carbocycles. The first-order valence-corrected chi connectivity index (χ1v) is 6.73. The number of nitro groups is 1. The molecule has 1 saturated heterocycles. The van der Waals surface area contributed by atoms with Crippen molar-refractivity contribution in [2.75, 3.05) is 24.6 Å². The lowest BCUT2D eigenvalue weighted by molar-refractivity contribution is -0.385. The van der Waals surface area contributed by atoms with Crippen molar-refractivity contribution in [1.82, 2.24) is 0 Å². The van der Waals surface area contributed by atoms with Crippen LogP contribution in [-0.4, -0.2) is 30.7 Å². The number of anilines is 1. The number of ether oxygens (including phenoxy) is 1. The van der Waals surface area contributed by atoms with E-state index in [0.29, 0.717) is 5.56 Å². The first kappa shape index (κ1) is 13.8. The predicted octanol–water partition coefficient (Wildman–Crippen LogP) is 2.91. The van der Waals surface area contributed by atoms with Gasteiger partial charge in [0.1, 0.15) is 0 Å². The van der Waals surface area contributed by atoms with Crippen LogP contribution in [0.5, 0.6) is 0 Å². The number of piperidine rings is 1. The fraction of sp³-hybridized carbons (Fsp3) is 0.571. The minimum atomic E-state index is -0.335. The van der Waals surface area contributed by atoms with Crippen LogP contribution in [0.3, 0.4) is 0 Å². The Hall–Kier alpha value is -1.62. The third-order valence-corrected chi connectivity index (χ3v) is 3.52. The highest BCUT2D eigenvalue weighted by atomic mass is 16.6. The second-order valence-corrected chi connectivity index (χ2v) is 4.89. The average Bonchev–Trinajstić information content (AvgIpc) is 2.39. The molecular formula is C14H20N2O3. The van der Waals surface area contributed by atoms with Crippen molar-refractivity contribution in [2.45, 2.75) is 32.8 Å². The highest BCUT2D eigenvalue weighted by molar-refractivity contribution is 5.55. The molecule has 0 radical (unpaired) electrons. The van der Waals surface area contributed by atoms with Gasteiger partial charge in [-0.05, 0) is 38.8 Å². The predicted molar refractivity (Wildman–Crippen MR) is 74.7 cm³/mol. The van der Waals surface area contributed by atoms with Gasteiger partial charge >= 0.3 is 0 Å². The van der Waals surface area contributed by atoms with E-state index in [4.69, 9.17) is 4.74 Å². The van der Waals surface area contributed by atoms with Gasteiger partial charge in [0, 0.05) is 37.0 Å². The standard InChI is InChI=1S/C14H20N2O3/c1-3-19-13-5-4-8-15(10-13)12-6-7-14(16(17)18)11(2)9-12/h6-7,9,13H,3-5,8,10H2,1-2H3. The maximum Gasteiger partial charge on any atom is 0.272 e. The van der Waals surface area contributed by atoms with E-state index in [9.17, 15) is 10.1 Å². The number of aryl methyl sites for hydroxylation is 1. The van der Waals surface area contributed by atoms with Gasteiger partial charge in [-0.25, -0.2) is 0 Å². The third kappa shape index (κ3) is 3.23. The van der Waals surface area contributed by atoms with Crippen molar-refractivity contribution >= 4 is 11.4 Å². The van der Waals surface area contributed by atoms with Crippen LogP contribution in [-0.2, 0) is 4.74 Å². The molecule has 5 heteroatoms. The van der Waals surface area contributed by atoms with Crippen LogP contribution in [0.2, 0.25) is 0 Å². The van der Waals surface area contributed by atoms with E-state index in [1.807, 2.05) is 19.1 Å². The van der Waals surface area contributed by atoms with Gasteiger partial charge in [-0.2, -0.15) is 0 Å². The molecule has 2 rings (SSSR count). The second kappa shape index (κ2) is 6.02. The van der Waals surface area contributed by atoms with E-state index in [1.54, 1.807) is 13.0 Å². The van der Waals surface area contributed by atoms with Crippen molar-refractivity contribution in [1.29, 1.82) is 0 Å². The topological polar surface area (TPSA) is 55.6 Å². The highest BCUT2D eigenvalue weighted by Gasteiger charge is 2.21. The number of benzene rings is 1. The Bertz CT molecular complexity index is 460. The summed E-state index contributed by atoms with van der Waals surface area (Å²) in [5.41, 5.74) is 1.94. The van der Waals surface area contributed by atoms with Gasteiger partial charge in [0.05, 0.1) is 11.0 Å². The fourth-order valence-corrected chi connectivity index (χ4v) is 2.59. The molecule has 1 aliphatic rings. The van der Waals surface area contributed by atoms with Crippen LogP contribution in [0, 0.1) is 17.0 Å². The summed E-state index contributed by atoms with van der Waals surface area (Å²) in [5.74, 6) is 0. The molecule has 1 aliphatic heterocycles. The summed E-state index contributed by atoms with van der Waals surface area (Å²) in [7, 11) is 0. The van der Waals surface area contributed by atoms with E-state index in [0.717, 1.165) is 38.2 Å². The van der Waals surface area contributed by atoms with E-state index in [2.05, 4.69) is 4.90 Å². The molecule has 0 spiro atoms. The molecule has 1 unspecified atom stereocenters. The molecule has 104 valence electrons. The lowest BCUT2D eigenvalue weighted by Gasteiger charge is -2.34. The zero-order valence-corrected chi connectivity index (χ0v) is 11.5. The van der Waals surface area contributed by atoms with Gasteiger partial charge in [-0.1, -0.05) is 0 Å². The van der Waals surface area contributed by atoms with Gasteiger partial charge in [0.2, 0.25) is 0 Å². The van der Waals surface area contributed by atoms with Crippen molar-refractivity contribution in [3.63, 3.8) is 0 Å². The van der Waals surface area contributed by atoms with Crippen molar-refractivity contribution in [3.05, 3.63) is 33.9 Å². The summed E-state index contributed by atoms with van der Waals surface area (Å²) in [4.78, 5) is 12.7. The zero-order chi connectivity index (χ0) is 13.8. The zero-order valence-electron chi connectivity index (χ0n) is 11.5. The summed E-state index contributed by atoms with van der Waals surface area (Å²) < 4.78 is 5.68. The second-order valence-electron chi connectivity index (χ2n) is 4.89. The van der Waals surface area contributed by atoms with Crippen LogP contribution in [0.4, 0.5) is 11.4 Å². The van der Waals surface area contributed by atoms with Gasteiger partial charge in [0.15, 0.2) is 0 Å². The SMILES string of the molecule is CCOC1CCCN(c2ccc([N+](=O)[O-])c(C)c2)C1. The minimum absolute atomic E-state index is 0.183. The van der Waals surface area contributed by atoms with Gasteiger partial charge < -0.3 is 9.64 Å². The molecule has 19 heavy (non-hydrogen) atoms. The summed E-state index contributed by atoms with van der Waals surface area (Å²) in [6, 6.07) is 5.32. The molecule has 0 aliphatic carbocycles. The van der Waals surface area contributed by atoms with Crippen molar-refractivity contribution in [3.8, 4) is 0 Å². The van der Waals surface area contributed by atoms with Crippen LogP contribution < -0.4 is 4.90 Å². The lowest BCUT2D eigenvalue weighted by Crippen LogP contribution is -2.39. The van der Waals surface area contributed by atoms with Crippen LogP contribution in [0.1, 0.15) is 25.3 Å². The monoisotopic (exact) mass is 264 g/mol. The first-order valence-electron chi connectivity index (χ1n) is 6.73. The Morgan fingerprint density at radius 1 is 1.53 bits per heavy atom. The third-order valence-electron chi connectivity index (χ3n) is 3.52. The molecule has 1 fully saturated rings. The first-order chi connectivity index (χ1) is 9.11. The lowest BCUT2D eigenvalue weighted by atomic mass is 10.1. The van der Waals surface area contributed by atoms with Gasteiger partial charge in [0.25, 0.3) is 5.69 Å². The molecule has 0 bridgehead atoms. The van der Waals surface area contributed by atoms with Crippen LogP contribution in [0.25, 0.3) is 0 Å². The number of nitro benzene ring substituents is 1. The van der Waals surface area contributed by atoms with E-state index >= 15 is 0 Å². The molecule has 1 aromatic rings. The largest absolute Gasteiger partial charge is 0.377 e. The van der Waals surface area contributed by atoms with E-state index in [1.165, 1.54) is 0 Å². The highest BCUT2D eigenvalue weighted by Crippen LogP contribution is 2.26. The average molecular weight is 264 g/mol. The maximum absolute atomic E-state index is 10.8. The maximum atomic E-state index is 10.8. The molecule has 0 amide bonds. The van der Waals surface area contributed by atoms with Gasteiger partial charge in [-0.3, -0.25) is 10.1 Å².